The van der Waals surface area contributed by atoms with Crippen molar-refractivity contribution >= 4 is 35.1 Å². The van der Waals surface area contributed by atoms with Crippen molar-refractivity contribution < 1.29 is 14.3 Å². The number of halogens is 2. The number of carbonyl (C=O) groups is 1. The van der Waals surface area contributed by atoms with Crippen LogP contribution >= 0.6 is 23.2 Å². The van der Waals surface area contributed by atoms with Crippen molar-refractivity contribution in [2.45, 2.75) is 0 Å². The second-order valence-electron chi connectivity index (χ2n) is 4.40. The van der Waals surface area contributed by atoms with Crippen LogP contribution in [0.15, 0.2) is 42.5 Å². The lowest BCUT2D eigenvalue weighted by Gasteiger charge is -2.09. The number of ether oxygens (including phenoxy) is 2. The van der Waals surface area contributed by atoms with Gasteiger partial charge < -0.3 is 9.47 Å². The monoisotopic (exact) mass is 336 g/mol. The largest absolute Gasteiger partial charge is 0.493 e. The molecule has 2 aromatic rings. The first-order valence-corrected chi connectivity index (χ1v) is 7.21. The summed E-state index contributed by atoms with van der Waals surface area (Å²) in [6.45, 7) is 0. The molecule has 0 bridgehead atoms. The fraction of sp³-hybridized carbons (Fsp3) is 0.118. The van der Waals surface area contributed by atoms with E-state index in [-0.39, 0.29) is 5.78 Å². The molecular weight excluding hydrogens is 323 g/mol. The molecule has 5 heteroatoms. The molecule has 0 aliphatic rings. The maximum atomic E-state index is 12.2. The highest BCUT2D eigenvalue weighted by Crippen LogP contribution is 2.31. The Morgan fingerprint density at radius 1 is 1.09 bits per heavy atom. The van der Waals surface area contributed by atoms with Crippen LogP contribution in [-0.2, 0) is 0 Å². The van der Waals surface area contributed by atoms with Crippen molar-refractivity contribution in [3.8, 4) is 11.5 Å². The number of methoxy groups -OCH3 is 2. The molecule has 0 aliphatic heterocycles. The summed E-state index contributed by atoms with van der Waals surface area (Å²) in [5.74, 6) is 0.918. The van der Waals surface area contributed by atoms with Gasteiger partial charge in [0.05, 0.1) is 19.2 Å². The van der Waals surface area contributed by atoms with Gasteiger partial charge in [0.25, 0.3) is 0 Å². The van der Waals surface area contributed by atoms with Gasteiger partial charge in [0.2, 0.25) is 0 Å². The predicted octanol–water partition coefficient (Wildman–Crippen LogP) is 4.91. The molecule has 0 fully saturated rings. The highest BCUT2D eigenvalue weighted by molar-refractivity contribution is 6.36. The average Bonchev–Trinajstić information content (AvgIpc) is 2.54. The lowest BCUT2D eigenvalue weighted by atomic mass is 10.1. The molecule has 0 aromatic heterocycles. The average molecular weight is 337 g/mol. The van der Waals surface area contributed by atoms with Crippen molar-refractivity contribution in [1.82, 2.24) is 0 Å². The van der Waals surface area contributed by atoms with E-state index in [9.17, 15) is 4.79 Å². The van der Waals surface area contributed by atoms with Crippen LogP contribution in [0.1, 0.15) is 15.9 Å². The lowest BCUT2D eigenvalue weighted by molar-refractivity contribution is 0.104. The number of rotatable bonds is 5. The summed E-state index contributed by atoms with van der Waals surface area (Å²) in [6.07, 6.45) is 3.08. The van der Waals surface area contributed by atoms with Gasteiger partial charge in [0.1, 0.15) is 0 Å². The van der Waals surface area contributed by atoms with Crippen LogP contribution in [0, 0.1) is 0 Å². The SMILES string of the molecule is COc1cccc(C=CC(=O)c2cc(Cl)ccc2Cl)c1OC. The smallest absolute Gasteiger partial charge is 0.187 e. The third-order valence-electron chi connectivity index (χ3n) is 3.04. The molecule has 0 saturated carbocycles. The maximum absolute atomic E-state index is 12.2. The Labute approximate surface area is 139 Å². The molecule has 0 aliphatic carbocycles. The number of ketones is 1. The van der Waals surface area contributed by atoms with Gasteiger partial charge in [-0.05, 0) is 36.4 Å². The summed E-state index contributed by atoms with van der Waals surface area (Å²) in [5, 5.41) is 0.816. The van der Waals surface area contributed by atoms with Gasteiger partial charge in [0.15, 0.2) is 17.3 Å². The predicted molar refractivity (Wildman–Crippen MR) is 89.4 cm³/mol. The number of para-hydroxylation sites is 1. The molecule has 0 atom stereocenters. The Kier molecular flexibility index (Phi) is 5.47. The van der Waals surface area contributed by atoms with Crippen molar-refractivity contribution in [3.63, 3.8) is 0 Å². The standard InChI is InChI=1S/C17H14Cl2O3/c1-21-16-5-3-4-11(17(16)22-2)6-9-15(20)13-10-12(18)7-8-14(13)19/h3-10H,1-2H3. The van der Waals surface area contributed by atoms with Crippen LogP contribution in [0.25, 0.3) is 6.08 Å². The Hall–Kier alpha value is -1.97. The van der Waals surface area contributed by atoms with E-state index >= 15 is 0 Å². The third kappa shape index (κ3) is 3.62. The minimum absolute atomic E-state index is 0.239. The molecule has 2 rings (SSSR count). The summed E-state index contributed by atoms with van der Waals surface area (Å²) in [7, 11) is 3.10. The minimum Gasteiger partial charge on any atom is -0.493 e. The molecule has 3 nitrogen and oxygen atoms in total. The van der Waals surface area contributed by atoms with Gasteiger partial charge in [0, 0.05) is 16.1 Å². The van der Waals surface area contributed by atoms with E-state index in [0.29, 0.717) is 27.1 Å². The molecule has 0 saturated heterocycles. The van der Waals surface area contributed by atoms with Gasteiger partial charge in [-0.2, -0.15) is 0 Å². The summed E-state index contributed by atoms with van der Waals surface area (Å²) in [4.78, 5) is 12.2. The third-order valence-corrected chi connectivity index (χ3v) is 3.61. The molecule has 0 amide bonds. The molecule has 0 N–H and O–H groups in total. The number of hydrogen-bond donors (Lipinski definition) is 0. The normalized spacial score (nSPS) is 10.7. The second-order valence-corrected chi connectivity index (χ2v) is 5.25. The number of carbonyl (C=O) groups excluding carboxylic acids is 1. The summed E-state index contributed by atoms with van der Waals surface area (Å²) < 4.78 is 10.5. The zero-order valence-electron chi connectivity index (χ0n) is 12.1. The molecule has 0 radical (unpaired) electrons. The Morgan fingerprint density at radius 3 is 2.55 bits per heavy atom. The molecular formula is C17H14Cl2O3. The van der Waals surface area contributed by atoms with E-state index < -0.39 is 0 Å². The number of benzene rings is 2. The highest BCUT2D eigenvalue weighted by atomic mass is 35.5. The van der Waals surface area contributed by atoms with Crippen molar-refractivity contribution in [3.05, 3.63) is 63.6 Å². The summed E-state index contributed by atoms with van der Waals surface area (Å²) in [6, 6.07) is 10.2. The highest BCUT2D eigenvalue weighted by Gasteiger charge is 2.10. The Bertz CT molecular complexity index is 724. The van der Waals surface area contributed by atoms with Crippen LogP contribution in [-0.4, -0.2) is 20.0 Å². The first kappa shape index (κ1) is 16.4. The van der Waals surface area contributed by atoms with Crippen molar-refractivity contribution in [1.29, 1.82) is 0 Å². The summed E-state index contributed by atoms with van der Waals surface area (Å²) in [5.41, 5.74) is 1.08. The van der Waals surface area contributed by atoms with Gasteiger partial charge in [-0.3, -0.25) is 4.79 Å². The van der Waals surface area contributed by atoms with E-state index in [1.54, 1.807) is 44.6 Å². The van der Waals surface area contributed by atoms with Gasteiger partial charge in [-0.15, -0.1) is 0 Å². The van der Waals surface area contributed by atoms with E-state index in [1.807, 2.05) is 12.1 Å². The zero-order chi connectivity index (χ0) is 16.1. The molecule has 2 aromatic carbocycles. The van der Waals surface area contributed by atoms with Crippen LogP contribution in [0.4, 0.5) is 0 Å². The zero-order valence-corrected chi connectivity index (χ0v) is 13.6. The van der Waals surface area contributed by atoms with E-state index in [2.05, 4.69) is 0 Å². The van der Waals surface area contributed by atoms with Gasteiger partial charge >= 0.3 is 0 Å². The first-order chi connectivity index (χ1) is 10.6. The number of hydrogen-bond acceptors (Lipinski definition) is 3. The van der Waals surface area contributed by atoms with E-state index in [1.165, 1.54) is 6.08 Å². The molecule has 0 spiro atoms. The van der Waals surface area contributed by atoms with Gasteiger partial charge in [-0.1, -0.05) is 35.3 Å². The van der Waals surface area contributed by atoms with Crippen LogP contribution in [0.3, 0.4) is 0 Å². The molecule has 0 unspecified atom stereocenters. The molecule has 22 heavy (non-hydrogen) atoms. The molecule has 0 heterocycles. The number of allylic oxidation sites excluding steroid dienone is 1. The fourth-order valence-corrected chi connectivity index (χ4v) is 2.37. The topological polar surface area (TPSA) is 35.5 Å². The van der Waals surface area contributed by atoms with Crippen LogP contribution < -0.4 is 9.47 Å². The first-order valence-electron chi connectivity index (χ1n) is 6.45. The van der Waals surface area contributed by atoms with Crippen molar-refractivity contribution in [2.75, 3.05) is 14.2 Å². The fourth-order valence-electron chi connectivity index (χ4n) is 1.98. The van der Waals surface area contributed by atoms with Crippen LogP contribution in [0.2, 0.25) is 10.0 Å². The van der Waals surface area contributed by atoms with Crippen molar-refractivity contribution in [2.24, 2.45) is 0 Å². The van der Waals surface area contributed by atoms with E-state index in [4.69, 9.17) is 32.7 Å². The minimum atomic E-state index is -0.239. The second kappa shape index (κ2) is 7.34. The van der Waals surface area contributed by atoms with Crippen LogP contribution in [0.5, 0.6) is 11.5 Å². The quantitative estimate of drug-likeness (QED) is 0.575. The Balaban J connectivity index is 2.32. The molecule has 114 valence electrons. The van der Waals surface area contributed by atoms with Gasteiger partial charge in [-0.25, -0.2) is 0 Å². The maximum Gasteiger partial charge on any atom is 0.187 e. The summed E-state index contributed by atoms with van der Waals surface area (Å²) >= 11 is 11.9. The lowest BCUT2D eigenvalue weighted by Crippen LogP contribution is -1.96. The van der Waals surface area contributed by atoms with E-state index in [0.717, 1.165) is 5.56 Å². The Morgan fingerprint density at radius 2 is 1.86 bits per heavy atom.